The summed E-state index contributed by atoms with van der Waals surface area (Å²) in [5, 5.41) is 19.9. The van der Waals surface area contributed by atoms with Crippen molar-refractivity contribution in [1.29, 1.82) is 0 Å². The maximum Gasteiger partial charge on any atom is 0.331 e. The Bertz CT molecular complexity index is 611. The van der Waals surface area contributed by atoms with Crippen LogP contribution in [-0.2, 0) is 13.2 Å². The lowest BCUT2D eigenvalue weighted by molar-refractivity contribution is -0.386. The third-order valence-electron chi connectivity index (χ3n) is 2.75. The molecule has 0 radical (unpaired) electrons. The molecule has 6 nitrogen and oxygen atoms in total. The Morgan fingerprint density at radius 2 is 1.95 bits per heavy atom. The quantitative estimate of drug-likeness (QED) is 0.668. The van der Waals surface area contributed by atoms with Crippen molar-refractivity contribution < 1.29 is 14.8 Å². The zero-order chi connectivity index (χ0) is 14.5. The minimum absolute atomic E-state index is 0.00633. The van der Waals surface area contributed by atoms with Gasteiger partial charge in [0.25, 0.3) is 5.88 Å². The summed E-state index contributed by atoms with van der Waals surface area (Å²) in [6.45, 7) is 1.89. The van der Waals surface area contributed by atoms with Gasteiger partial charge in [-0.3, -0.25) is 10.1 Å². The number of nitro groups is 1. The normalized spacial score (nSPS) is 10.3. The number of pyridine rings is 1. The number of benzene rings is 1. The van der Waals surface area contributed by atoms with E-state index in [-0.39, 0.29) is 24.8 Å². The van der Waals surface area contributed by atoms with Gasteiger partial charge in [-0.2, -0.15) is 0 Å². The SMILES string of the molecule is Cc1cnc(OCc2ccc(CO)cc2)c([N+](=O)[O-])c1. The molecule has 1 N–H and O–H groups in total. The first kappa shape index (κ1) is 14.0. The van der Waals surface area contributed by atoms with Crippen molar-refractivity contribution >= 4 is 5.69 Å². The van der Waals surface area contributed by atoms with Crippen molar-refractivity contribution in [2.24, 2.45) is 0 Å². The molecule has 0 saturated carbocycles. The van der Waals surface area contributed by atoms with Gasteiger partial charge in [0, 0.05) is 12.3 Å². The van der Waals surface area contributed by atoms with Gasteiger partial charge in [-0.05, 0) is 23.6 Å². The highest BCUT2D eigenvalue weighted by molar-refractivity contribution is 5.42. The molecule has 0 bridgehead atoms. The fourth-order valence-electron chi connectivity index (χ4n) is 1.68. The molecule has 2 aromatic rings. The number of nitrogens with zero attached hydrogens (tertiary/aromatic N) is 2. The summed E-state index contributed by atoms with van der Waals surface area (Å²) in [6, 6.07) is 8.57. The Balaban J connectivity index is 2.12. The van der Waals surface area contributed by atoms with E-state index in [1.54, 1.807) is 31.2 Å². The van der Waals surface area contributed by atoms with E-state index >= 15 is 0 Å². The molecule has 20 heavy (non-hydrogen) atoms. The topological polar surface area (TPSA) is 85.5 Å². The zero-order valence-corrected chi connectivity index (χ0v) is 10.9. The molecule has 1 heterocycles. The van der Waals surface area contributed by atoms with Crippen LogP contribution in [0.2, 0.25) is 0 Å². The number of aliphatic hydroxyl groups excluding tert-OH is 1. The molecule has 6 heteroatoms. The van der Waals surface area contributed by atoms with Gasteiger partial charge in [0.2, 0.25) is 0 Å². The smallest absolute Gasteiger partial charge is 0.331 e. The average molecular weight is 274 g/mol. The lowest BCUT2D eigenvalue weighted by Gasteiger charge is -2.06. The van der Waals surface area contributed by atoms with E-state index in [0.29, 0.717) is 5.56 Å². The summed E-state index contributed by atoms with van der Waals surface area (Å²) in [4.78, 5) is 14.4. The van der Waals surface area contributed by atoms with Crippen molar-refractivity contribution in [3.8, 4) is 5.88 Å². The highest BCUT2D eigenvalue weighted by Gasteiger charge is 2.16. The van der Waals surface area contributed by atoms with Crippen LogP contribution in [0.25, 0.3) is 0 Å². The van der Waals surface area contributed by atoms with Gasteiger partial charge in [-0.25, -0.2) is 4.98 Å². The molecule has 0 aliphatic heterocycles. The Morgan fingerprint density at radius 3 is 2.55 bits per heavy atom. The fourth-order valence-corrected chi connectivity index (χ4v) is 1.68. The van der Waals surface area contributed by atoms with Crippen molar-refractivity contribution in [3.05, 3.63) is 63.3 Å². The van der Waals surface area contributed by atoms with Crippen LogP contribution in [0.1, 0.15) is 16.7 Å². The molecule has 0 spiro atoms. The molecule has 1 aromatic heterocycles. The number of aliphatic hydroxyl groups is 1. The van der Waals surface area contributed by atoms with Gasteiger partial charge in [0.15, 0.2) is 0 Å². The van der Waals surface area contributed by atoms with Gasteiger partial charge >= 0.3 is 5.69 Å². The van der Waals surface area contributed by atoms with Crippen LogP contribution in [0, 0.1) is 17.0 Å². The summed E-state index contributed by atoms with van der Waals surface area (Å²) in [5.41, 5.74) is 2.21. The molecule has 0 fully saturated rings. The highest BCUT2D eigenvalue weighted by Crippen LogP contribution is 2.25. The minimum Gasteiger partial charge on any atom is -0.468 e. The fraction of sp³-hybridized carbons (Fsp3) is 0.214. The van der Waals surface area contributed by atoms with Crippen molar-refractivity contribution in [2.75, 3.05) is 0 Å². The van der Waals surface area contributed by atoms with E-state index < -0.39 is 4.92 Å². The second-order valence-electron chi connectivity index (χ2n) is 4.36. The standard InChI is InChI=1S/C14H14N2O4/c1-10-6-13(16(18)19)14(15-7-10)20-9-12-4-2-11(8-17)3-5-12/h2-7,17H,8-9H2,1H3. The van der Waals surface area contributed by atoms with Crippen LogP contribution in [0.4, 0.5) is 5.69 Å². The number of ether oxygens (including phenoxy) is 1. The summed E-state index contributed by atoms with van der Waals surface area (Å²) in [6.07, 6.45) is 1.52. The molecule has 0 aliphatic carbocycles. The first-order chi connectivity index (χ1) is 9.60. The molecule has 104 valence electrons. The Morgan fingerprint density at radius 1 is 1.30 bits per heavy atom. The van der Waals surface area contributed by atoms with Gasteiger partial charge < -0.3 is 9.84 Å². The lowest BCUT2D eigenvalue weighted by atomic mass is 10.1. The minimum atomic E-state index is -0.510. The van der Waals surface area contributed by atoms with Gasteiger partial charge in [0.1, 0.15) is 6.61 Å². The predicted octanol–water partition coefficient (Wildman–Crippen LogP) is 2.37. The first-order valence-electron chi connectivity index (χ1n) is 6.02. The third kappa shape index (κ3) is 3.30. The van der Waals surface area contributed by atoms with Gasteiger partial charge in [-0.15, -0.1) is 0 Å². The summed E-state index contributed by atoms with van der Waals surface area (Å²) in [7, 11) is 0. The molecular weight excluding hydrogens is 260 g/mol. The molecule has 0 unspecified atom stereocenters. The Labute approximate surface area is 115 Å². The van der Waals surface area contributed by atoms with Crippen LogP contribution in [0.15, 0.2) is 36.5 Å². The predicted molar refractivity (Wildman–Crippen MR) is 72.3 cm³/mol. The van der Waals surface area contributed by atoms with E-state index in [1.807, 2.05) is 0 Å². The van der Waals surface area contributed by atoms with Crippen molar-refractivity contribution in [3.63, 3.8) is 0 Å². The molecule has 0 aliphatic rings. The third-order valence-corrected chi connectivity index (χ3v) is 2.75. The maximum absolute atomic E-state index is 10.9. The molecule has 1 aromatic carbocycles. The van der Waals surface area contributed by atoms with Crippen LogP contribution in [-0.4, -0.2) is 15.0 Å². The van der Waals surface area contributed by atoms with Crippen LogP contribution in [0.5, 0.6) is 5.88 Å². The van der Waals surface area contributed by atoms with Gasteiger partial charge in [-0.1, -0.05) is 24.3 Å². The zero-order valence-electron chi connectivity index (χ0n) is 10.9. The van der Waals surface area contributed by atoms with E-state index in [4.69, 9.17) is 9.84 Å². The molecule has 0 atom stereocenters. The van der Waals surface area contributed by atoms with E-state index in [9.17, 15) is 10.1 Å². The Kier molecular flexibility index (Phi) is 4.27. The van der Waals surface area contributed by atoms with Crippen LogP contribution < -0.4 is 4.74 Å². The average Bonchev–Trinajstić information content (AvgIpc) is 2.46. The molecule has 0 saturated heterocycles. The van der Waals surface area contributed by atoms with E-state index in [1.165, 1.54) is 12.3 Å². The summed E-state index contributed by atoms with van der Waals surface area (Å²) >= 11 is 0. The van der Waals surface area contributed by atoms with Crippen LogP contribution in [0.3, 0.4) is 0 Å². The van der Waals surface area contributed by atoms with E-state index in [0.717, 1.165) is 11.1 Å². The molecular formula is C14H14N2O4. The second kappa shape index (κ2) is 6.12. The van der Waals surface area contributed by atoms with Gasteiger partial charge in [0.05, 0.1) is 11.5 Å². The number of aryl methyl sites for hydroxylation is 1. The van der Waals surface area contributed by atoms with Crippen molar-refractivity contribution in [2.45, 2.75) is 20.1 Å². The molecule has 2 rings (SSSR count). The van der Waals surface area contributed by atoms with Crippen LogP contribution >= 0.6 is 0 Å². The number of hydrogen-bond acceptors (Lipinski definition) is 5. The first-order valence-corrected chi connectivity index (χ1v) is 6.02. The summed E-state index contributed by atoms with van der Waals surface area (Å²) < 4.78 is 5.40. The second-order valence-corrected chi connectivity index (χ2v) is 4.36. The Hall–Kier alpha value is -2.47. The number of hydrogen-bond donors (Lipinski definition) is 1. The molecule has 0 amide bonds. The highest BCUT2D eigenvalue weighted by atomic mass is 16.6. The maximum atomic E-state index is 10.9. The van der Waals surface area contributed by atoms with E-state index in [2.05, 4.69) is 4.98 Å². The number of rotatable bonds is 5. The largest absolute Gasteiger partial charge is 0.468 e. The lowest BCUT2D eigenvalue weighted by Crippen LogP contribution is -2.01. The number of aromatic nitrogens is 1. The summed E-state index contributed by atoms with van der Waals surface area (Å²) in [5.74, 6) is 0.00633. The van der Waals surface area contributed by atoms with Crippen molar-refractivity contribution in [1.82, 2.24) is 4.98 Å². The monoisotopic (exact) mass is 274 g/mol.